The molecule has 4 nitrogen and oxygen atoms in total. The summed E-state index contributed by atoms with van der Waals surface area (Å²) in [5.74, 6) is -0.925. The summed E-state index contributed by atoms with van der Waals surface area (Å²) >= 11 is 11.8. The van der Waals surface area contributed by atoms with Gasteiger partial charge in [0.05, 0.1) is 11.6 Å². The third-order valence-electron chi connectivity index (χ3n) is 2.74. The average molecular weight is 322 g/mol. The van der Waals surface area contributed by atoms with Crippen molar-refractivity contribution in [2.75, 3.05) is 0 Å². The van der Waals surface area contributed by atoms with Crippen LogP contribution < -0.4 is 4.74 Å². The Morgan fingerprint density at radius 1 is 1.24 bits per heavy atom. The molecule has 106 valence electrons. The lowest BCUT2D eigenvalue weighted by Crippen LogP contribution is -2.03. The van der Waals surface area contributed by atoms with Gasteiger partial charge in [-0.25, -0.2) is 4.79 Å². The number of hydrogen-bond acceptors (Lipinski definition) is 3. The third kappa shape index (κ3) is 3.66. The Bertz CT molecular complexity index is 738. The minimum absolute atomic E-state index is 0.0210. The van der Waals surface area contributed by atoms with E-state index in [0.29, 0.717) is 21.2 Å². The molecule has 2 aromatic carbocycles. The summed E-state index contributed by atoms with van der Waals surface area (Å²) in [6, 6.07) is 11.1. The molecule has 0 fully saturated rings. The van der Waals surface area contributed by atoms with Crippen LogP contribution in [-0.4, -0.2) is 11.1 Å². The Balaban J connectivity index is 2.21. The van der Waals surface area contributed by atoms with Gasteiger partial charge in [-0.1, -0.05) is 29.3 Å². The first-order valence-electron chi connectivity index (χ1n) is 5.85. The van der Waals surface area contributed by atoms with Crippen molar-refractivity contribution < 1.29 is 14.6 Å². The van der Waals surface area contributed by atoms with Crippen LogP contribution in [0.2, 0.25) is 10.0 Å². The summed E-state index contributed by atoms with van der Waals surface area (Å²) in [5.41, 5.74) is 1.08. The van der Waals surface area contributed by atoms with Crippen molar-refractivity contribution in [3.63, 3.8) is 0 Å². The molecule has 2 rings (SSSR count). The minimum atomic E-state index is -1.13. The number of ether oxygens (including phenoxy) is 1. The molecule has 0 spiro atoms. The van der Waals surface area contributed by atoms with E-state index in [-0.39, 0.29) is 17.9 Å². The third-order valence-corrected chi connectivity index (χ3v) is 3.32. The molecule has 0 radical (unpaired) electrons. The van der Waals surface area contributed by atoms with E-state index < -0.39 is 5.97 Å². The zero-order chi connectivity index (χ0) is 15.4. The highest BCUT2D eigenvalue weighted by Gasteiger charge is 2.13. The van der Waals surface area contributed by atoms with Crippen molar-refractivity contribution in [1.82, 2.24) is 0 Å². The van der Waals surface area contributed by atoms with Gasteiger partial charge in [0.25, 0.3) is 0 Å². The maximum Gasteiger partial charge on any atom is 0.339 e. The van der Waals surface area contributed by atoms with Gasteiger partial charge in [-0.15, -0.1) is 0 Å². The van der Waals surface area contributed by atoms with Gasteiger partial charge in [0, 0.05) is 15.6 Å². The van der Waals surface area contributed by atoms with E-state index >= 15 is 0 Å². The number of carboxylic acids is 1. The predicted molar refractivity (Wildman–Crippen MR) is 78.9 cm³/mol. The number of carbonyl (C=O) groups is 1. The van der Waals surface area contributed by atoms with Crippen LogP contribution in [0.25, 0.3) is 0 Å². The van der Waals surface area contributed by atoms with Crippen LogP contribution in [-0.2, 0) is 6.61 Å². The van der Waals surface area contributed by atoms with E-state index in [9.17, 15) is 4.79 Å². The Kier molecular flexibility index (Phi) is 4.69. The Hall–Kier alpha value is -2.22. The maximum atomic E-state index is 11.1. The van der Waals surface area contributed by atoms with Gasteiger partial charge < -0.3 is 9.84 Å². The van der Waals surface area contributed by atoms with Gasteiger partial charge >= 0.3 is 5.97 Å². The normalized spacial score (nSPS) is 9.95. The van der Waals surface area contributed by atoms with E-state index in [0.717, 1.165) is 0 Å². The van der Waals surface area contributed by atoms with Gasteiger partial charge in [0.2, 0.25) is 0 Å². The summed E-state index contributed by atoms with van der Waals surface area (Å²) in [5, 5.41) is 18.6. The zero-order valence-electron chi connectivity index (χ0n) is 10.6. The molecule has 2 aromatic rings. The largest absolute Gasteiger partial charge is 0.488 e. The van der Waals surface area contributed by atoms with Crippen molar-refractivity contribution in [2.45, 2.75) is 6.61 Å². The molecule has 0 aromatic heterocycles. The molecule has 0 amide bonds. The van der Waals surface area contributed by atoms with Crippen molar-refractivity contribution in [3.05, 3.63) is 63.1 Å². The summed E-state index contributed by atoms with van der Waals surface area (Å²) in [6.07, 6.45) is 0. The molecule has 0 aliphatic heterocycles. The molecule has 0 aliphatic rings. The smallest absolute Gasteiger partial charge is 0.339 e. The van der Waals surface area contributed by atoms with Crippen molar-refractivity contribution in [2.24, 2.45) is 0 Å². The molecule has 0 bridgehead atoms. The molecule has 0 atom stereocenters. The van der Waals surface area contributed by atoms with Crippen LogP contribution in [0.4, 0.5) is 0 Å². The molecule has 0 unspecified atom stereocenters. The van der Waals surface area contributed by atoms with Crippen LogP contribution in [0.3, 0.4) is 0 Å². The molecular weight excluding hydrogens is 313 g/mol. The lowest BCUT2D eigenvalue weighted by Gasteiger charge is -2.10. The summed E-state index contributed by atoms with van der Waals surface area (Å²) < 4.78 is 5.49. The van der Waals surface area contributed by atoms with Crippen LogP contribution in [0, 0.1) is 11.3 Å². The number of benzene rings is 2. The maximum absolute atomic E-state index is 11.1. The highest BCUT2D eigenvalue weighted by molar-refractivity contribution is 6.31. The molecule has 6 heteroatoms. The van der Waals surface area contributed by atoms with Crippen LogP contribution in [0.5, 0.6) is 5.75 Å². The standard InChI is InChI=1S/C15H9Cl2NO3/c16-11-3-4-14(12(6-11)15(19)20)21-8-10-2-1-9(7-18)5-13(10)17/h1-6H,8H2,(H,19,20). The van der Waals surface area contributed by atoms with Gasteiger partial charge in [-0.05, 0) is 30.3 Å². The van der Waals surface area contributed by atoms with Crippen LogP contribution >= 0.6 is 23.2 Å². The van der Waals surface area contributed by atoms with Gasteiger partial charge in [0.15, 0.2) is 0 Å². The Morgan fingerprint density at radius 2 is 2.00 bits per heavy atom. The van der Waals surface area contributed by atoms with Crippen molar-refractivity contribution in [3.8, 4) is 11.8 Å². The molecule has 0 saturated heterocycles. The fourth-order valence-electron chi connectivity index (χ4n) is 1.68. The number of hydrogen-bond donors (Lipinski definition) is 1. The quantitative estimate of drug-likeness (QED) is 0.918. The SMILES string of the molecule is N#Cc1ccc(COc2ccc(Cl)cc2C(=O)O)c(Cl)c1. The van der Waals surface area contributed by atoms with Gasteiger partial charge in [0.1, 0.15) is 17.9 Å². The first kappa shape index (κ1) is 15.2. The number of halogens is 2. The summed E-state index contributed by atoms with van der Waals surface area (Å²) in [4.78, 5) is 11.1. The van der Waals surface area contributed by atoms with Crippen molar-refractivity contribution >= 4 is 29.2 Å². The number of aromatic carboxylic acids is 1. The lowest BCUT2D eigenvalue weighted by atomic mass is 10.1. The van der Waals surface area contributed by atoms with Gasteiger partial charge in [-0.3, -0.25) is 0 Å². The number of rotatable bonds is 4. The first-order chi connectivity index (χ1) is 10.0. The molecule has 1 N–H and O–H groups in total. The zero-order valence-corrected chi connectivity index (χ0v) is 12.1. The monoisotopic (exact) mass is 321 g/mol. The minimum Gasteiger partial charge on any atom is -0.488 e. The predicted octanol–water partition coefficient (Wildman–Crippen LogP) is 4.14. The topological polar surface area (TPSA) is 70.3 Å². The van der Waals surface area contributed by atoms with Crippen LogP contribution in [0.1, 0.15) is 21.5 Å². The highest BCUT2D eigenvalue weighted by atomic mass is 35.5. The fourth-order valence-corrected chi connectivity index (χ4v) is 2.09. The Labute approximate surface area is 131 Å². The van der Waals surface area contributed by atoms with E-state index in [2.05, 4.69) is 0 Å². The number of carboxylic acid groups (broad SMARTS) is 1. The van der Waals surface area contributed by atoms with Crippen molar-refractivity contribution in [1.29, 1.82) is 5.26 Å². The lowest BCUT2D eigenvalue weighted by molar-refractivity contribution is 0.0692. The number of nitrogens with zero attached hydrogens (tertiary/aromatic N) is 1. The second kappa shape index (κ2) is 6.49. The molecular formula is C15H9Cl2NO3. The molecule has 0 heterocycles. The summed E-state index contributed by atoms with van der Waals surface area (Å²) in [6.45, 7) is 0.0897. The number of nitriles is 1. The van der Waals surface area contributed by atoms with Gasteiger partial charge in [-0.2, -0.15) is 5.26 Å². The Morgan fingerprint density at radius 3 is 2.62 bits per heavy atom. The van der Waals surface area contributed by atoms with E-state index in [1.807, 2.05) is 6.07 Å². The second-order valence-electron chi connectivity index (χ2n) is 4.15. The fraction of sp³-hybridized carbons (Fsp3) is 0.0667. The molecule has 0 saturated carbocycles. The first-order valence-corrected chi connectivity index (χ1v) is 6.61. The van der Waals surface area contributed by atoms with Crippen LogP contribution in [0.15, 0.2) is 36.4 Å². The average Bonchev–Trinajstić information content (AvgIpc) is 2.46. The summed E-state index contributed by atoms with van der Waals surface area (Å²) in [7, 11) is 0. The molecule has 21 heavy (non-hydrogen) atoms. The second-order valence-corrected chi connectivity index (χ2v) is 5.00. The van der Waals surface area contributed by atoms with E-state index in [4.69, 9.17) is 38.3 Å². The highest BCUT2D eigenvalue weighted by Crippen LogP contribution is 2.25. The van der Waals surface area contributed by atoms with E-state index in [1.54, 1.807) is 18.2 Å². The molecule has 0 aliphatic carbocycles. The van der Waals surface area contributed by atoms with E-state index in [1.165, 1.54) is 18.2 Å².